The number of nitrogens with zero attached hydrogens (tertiary/aromatic N) is 1. The van der Waals surface area contributed by atoms with Crippen LogP contribution in [0.15, 0.2) is 57.8 Å². The van der Waals surface area contributed by atoms with Crippen molar-refractivity contribution in [2.24, 2.45) is 0 Å². The maximum absolute atomic E-state index is 12.2. The number of nitriles is 1. The zero-order valence-corrected chi connectivity index (χ0v) is 17.7. The number of carbonyl (C=O) groups excluding carboxylic acids is 1. The number of hydrogen-bond donors (Lipinski definition) is 0. The van der Waals surface area contributed by atoms with E-state index in [0.29, 0.717) is 22.8 Å². The fourth-order valence-corrected chi connectivity index (χ4v) is 3.28. The first-order chi connectivity index (χ1) is 14.9. The lowest BCUT2D eigenvalue weighted by Gasteiger charge is -2.13. The Balaban J connectivity index is 1.72. The van der Waals surface area contributed by atoms with Gasteiger partial charge >= 0.3 is 11.6 Å². The fraction of sp³-hybridized carbons (Fsp3) is 0.240. The van der Waals surface area contributed by atoms with Gasteiger partial charge in [-0.15, -0.1) is 0 Å². The van der Waals surface area contributed by atoms with Gasteiger partial charge in [-0.1, -0.05) is 26.0 Å². The predicted octanol–water partition coefficient (Wildman–Crippen LogP) is 4.88. The van der Waals surface area contributed by atoms with Gasteiger partial charge < -0.3 is 13.9 Å². The topological polar surface area (TPSA) is 89.5 Å². The summed E-state index contributed by atoms with van der Waals surface area (Å²) in [7, 11) is 0. The van der Waals surface area contributed by atoms with Crippen LogP contribution < -0.4 is 10.4 Å². The number of rotatable bonds is 7. The van der Waals surface area contributed by atoms with Gasteiger partial charge in [0.15, 0.2) is 6.61 Å². The van der Waals surface area contributed by atoms with E-state index >= 15 is 0 Å². The molecule has 0 aliphatic heterocycles. The van der Waals surface area contributed by atoms with E-state index in [9.17, 15) is 9.59 Å². The number of carbonyl (C=O) groups is 1. The van der Waals surface area contributed by atoms with Crippen molar-refractivity contribution in [2.75, 3.05) is 6.61 Å². The molecule has 0 N–H and O–H groups in total. The highest BCUT2D eigenvalue weighted by Gasteiger charge is 2.12. The highest BCUT2D eigenvalue weighted by atomic mass is 16.5. The van der Waals surface area contributed by atoms with E-state index in [1.807, 2.05) is 25.1 Å². The molecule has 0 atom stereocenters. The van der Waals surface area contributed by atoms with E-state index in [-0.39, 0.29) is 13.2 Å². The highest BCUT2D eigenvalue weighted by molar-refractivity contribution is 5.87. The molecule has 3 aromatic rings. The van der Waals surface area contributed by atoms with E-state index < -0.39 is 11.6 Å². The molecule has 0 spiro atoms. The number of hydrogen-bond acceptors (Lipinski definition) is 6. The standard InChI is InChI=1S/C25H23NO5/c1-16(2)21-14-22-19(13-25(28)31-23(22)12-17(21)3)15-30-24(27)9-6-18-4-7-20(8-5-18)29-11-10-26/h4-9,12-14,16H,11,15H2,1-3H3/b9-6+. The van der Waals surface area contributed by atoms with Crippen LogP contribution in [0.2, 0.25) is 0 Å². The lowest BCUT2D eigenvalue weighted by Crippen LogP contribution is -2.06. The Morgan fingerprint density at radius 3 is 2.61 bits per heavy atom. The van der Waals surface area contributed by atoms with Crippen LogP contribution in [0.4, 0.5) is 0 Å². The number of ether oxygens (including phenoxy) is 2. The molecule has 2 aromatic carbocycles. The zero-order chi connectivity index (χ0) is 22.4. The van der Waals surface area contributed by atoms with Crippen molar-refractivity contribution in [1.29, 1.82) is 5.26 Å². The average Bonchev–Trinajstić information content (AvgIpc) is 2.74. The molecule has 0 unspecified atom stereocenters. The molecule has 0 saturated heterocycles. The molecule has 1 heterocycles. The summed E-state index contributed by atoms with van der Waals surface area (Å²) in [6.45, 7) is 6.12. The van der Waals surface area contributed by atoms with Gasteiger partial charge in [0, 0.05) is 23.1 Å². The van der Waals surface area contributed by atoms with Gasteiger partial charge in [0.05, 0.1) is 0 Å². The number of fused-ring (bicyclic) bond motifs is 1. The van der Waals surface area contributed by atoms with Gasteiger partial charge in [-0.25, -0.2) is 9.59 Å². The lowest BCUT2D eigenvalue weighted by molar-refractivity contribution is -0.138. The summed E-state index contributed by atoms with van der Waals surface area (Å²) in [5, 5.41) is 9.29. The van der Waals surface area contributed by atoms with Crippen LogP contribution in [0.5, 0.6) is 5.75 Å². The van der Waals surface area contributed by atoms with Gasteiger partial charge in [-0.3, -0.25) is 0 Å². The predicted molar refractivity (Wildman–Crippen MR) is 118 cm³/mol. The van der Waals surface area contributed by atoms with E-state index in [1.54, 1.807) is 30.3 Å². The summed E-state index contributed by atoms with van der Waals surface area (Å²) in [5.41, 5.74) is 3.58. The SMILES string of the molecule is Cc1cc2oc(=O)cc(COC(=O)/C=C/c3ccc(OCC#N)cc3)c2cc1C(C)C. The van der Waals surface area contributed by atoms with Crippen LogP contribution in [0.3, 0.4) is 0 Å². The Kier molecular flexibility index (Phi) is 6.88. The van der Waals surface area contributed by atoms with Crippen LogP contribution in [-0.4, -0.2) is 12.6 Å². The fourth-order valence-electron chi connectivity index (χ4n) is 3.28. The molecule has 6 nitrogen and oxygen atoms in total. The van der Waals surface area contributed by atoms with Crippen LogP contribution in [0.1, 0.15) is 42.0 Å². The Morgan fingerprint density at radius 1 is 1.19 bits per heavy atom. The second-order valence-corrected chi connectivity index (χ2v) is 7.41. The third-order valence-electron chi connectivity index (χ3n) is 4.80. The number of esters is 1. The smallest absolute Gasteiger partial charge is 0.336 e. The second-order valence-electron chi connectivity index (χ2n) is 7.41. The minimum atomic E-state index is -0.526. The van der Waals surface area contributed by atoms with Gasteiger partial charge in [0.2, 0.25) is 0 Å². The summed E-state index contributed by atoms with van der Waals surface area (Å²) >= 11 is 0. The van der Waals surface area contributed by atoms with E-state index in [1.165, 1.54) is 12.1 Å². The summed E-state index contributed by atoms with van der Waals surface area (Å²) in [4.78, 5) is 24.1. The number of aryl methyl sites for hydroxylation is 1. The van der Waals surface area contributed by atoms with E-state index in [4.69, 9.17) is 19.2 Å². The Bertz CT molecular complexity index is 1210. The van der Waals surface area contributed by atoms with Gasteiger partial charge in [-0.2, -0.15) is 5.26 Å². The van der Waals surface area contributed by atoms with Gasteiger partial charge in [0.25, 0.3) is 0 Å². The molecule has 1 aromatic heterocycles. The van der Waals surface area contributed by atoms with Crippen molar-refractivity contribution in [1.82, 2.24) is 0 Å². The summed E-state index contributed by atoms with van der Waals surface area (Å²) in [6.07, 6.45) is 2.94. The van der Waals surface area contributed by atoms with Crippen molar-refractivity contribution in [3.8, 4) is 11.8 Å². The molecule has 31 heavy (non-hydrogen) atoms. The monoisotopic (exact) mass is 417 g/mol. The third-order valence-corrected chi connectivity index (χ3v) is 4.80. The van der Waals surface area contributed by atoms with E-state index in [0.717, 1.165) is 22.1 Å². The first-order valence-electron chi connectivity index (χ1n) is 9.89. The third kappa shape index (κ3) is 5.61. The molecule has 0 aliphatic rings. The molecule has 0 saturated carbocycles. The van der Waals surface area contributed by atoms with Crippen LogP contribution >= 0.6 is 0 Å². The first-order valence-corrected chi connectivity index (χ1v) is 9.89. The molecule has 0 fully saturated rings. The normalized spacial score (nSPS) is 11.1. The Morgan fingerprint density at radius 2 is 1.94 bits per heavy atom. The average molecular weight is 417 g/mol. The molecular formula is C25H23NO5. The molecule has 6 heteroatoms. The first kappa shape index (κ1) is 21.8. The van der Waals surface area contributed by atoms with Crippen molar-refractivity contribution >= 4 is 23.0 Å². The summed E-state index contributed by atoms with van der Waals surface area (Å²) < 4.78 is 15.9. The quantitative estimate of drug-likeness (QED) is 0.309. The zero-order valence-electron chi connectivity index (χ0n) is 17.7. The van der Waals surface area contributed by atoms with Crippen molar-refractivity contribution in [2.45, 2.75) is 33.3 Å². The van der Waals surface area contributed by atoms with Gasteiger partial charge in [0.1, 0.15) is 24.0 Å². The maximum Gasteiger partial charge on any atom is 0.336 e. The van der Waals surface area contributed by atoms with Crippen LogP contribution in [0, 0.1) is 18.3 Å². The minimum absolute atomic E-state index is 0.0216. The molecule has 0 radical (unpaired) electrons. The minimum Gasteiger partial charge on any atom is -0.479 e. The highest BCUT2D eigenvalue weighted by Crippen LogP contribution is 2.27. The molecule has 158 valence electrons. The van der Waals surface area contributed by atoms with Crippen LogP contribution in [-0.2, 0) is 16.1 Å². The van der Waals surface area contributed by atoms with E-state index in [2.05, 4.69) is 13.8 Å². The lowest BCUT2D eigenvalue weighted by atomic mass is 9.95. The van der Waals surface area contributed by atoms with Crippen molar-refractivity contribution in [3.05, 3.63) is 81.2 Å². The molecule has 0 aliphatic carbocycles. The molecule has 0 bridgehead atoms. The maximum atomic E-state index is 12.2. The second kappa shape index (κ2) is 9.77. The Labute approximate surface area is 180 Å². The van der Waals surface area contributed by atoms with Crippen LogP contribution in [0.25, 0.3) is 17.0 Å². The molecule has 3 rings (SSSR count). The van der Waals surface area contributed by atoms with Crippen molar-refractivity contribution in [3.63, 3.8) is 0 Å². The summed E-state index contributed by atoms with van der Waals surface area (Å²) in [5.74, 6) is 0.362. The largest absolute Gasteiger partial charge is 0.479 e. The van der Waals surface area contributed by atoms with Gasteiger partial charge in [-0.05, 0) is 59.9 Å². The number of benzene rings is 2. The molecular weight excluding hydrogens is 394 g/mol. The summed E-state index contributed by atoms with van der Waals surface area (Å²) in [6, 6.07) is 14.1. The molecule has 0 amide bonds. The van der Waals surface area contributed by atoms with Crippen molar-refractivity contribution < 1.29 is 18.7 Å². The Hall–Kier alpha value is -3.85.